The van der Waals surface area contributed by atoms with Gasteiger partial charge in [0.15, 0.2) is 0 Å². The molecule has 5 aromatic rings. The van der Waals surface area contributed by atoms with E-state index in [1.807, 2.05) is 77.8 Å². The van der Waals surface area contributed by atoms with Crippen molar-refractivity contribution >= 4 is 28.1 Å². The van der Waals surface area contributed by atoms with Gasteiger partial charge < -0.3 is 4.90 Å². The predicted octanol–water partition coefficient (Wildman–Crippen LogP) is 4.28. The zero-order valence-corrected chi connectivity index (χ0v) is 19.7. The fourth-order valence-electron chi connectivity index (χ4n) is 3.92. The molecule has 0 aliphatic rings. The summed E-state index contributed by atoms with van der Waals surface area (Å²) in [5, 5.41) is 7.33. The molecule has 0 aliphatic carbocycles. The van der Waals surface area contributed by atoms with Gasteiger partial charge in [0.25, 0.3) is 5.56 Å². The third-order valence-corrected chi connectivity index (χ3v) is 6.64. The summed E-state index contributed by atoms with van der Waals surface area (Å²) in [5.41, 5.74) is 4.11. The molecule has 7 nitrogen and oxygen atoms in total. The molecule has 0 N–H and O–H groups in total. The standard InChI is InChI=1S/C26H23N5O2S/c1-18-8-6-11-21-24(18)27-17-30(26(21)33)16-23(32)29(2)14-19-15-31(20-9-4-3-5-10-20)28-25(19)22-12-7-13-34-22/h3-13,15,17H,14,16H2,1-2H3. The number of aromatic nitrogens is 4. The number of likely N-dealkylation sites (N-methyl/N-ethyl adjacent to an activating group) is 1. The van der Waals surface area contributed by atoms with E-state index in [2.05, 4.69) is 4.98 Å². The van der Waals surface area contributed by atoms with Gasteiger partial charge in [-0.05, 0) is 42.1 Å². The molecule has 0 fully saturated rings. The second-order valence-electron chi connectivity index (χ2n) is 8.16. The van der Waals surface area contributed by atoms with E-state index in [-0.39, 0.29) is 18.0 Å². The van der Waals surface area contributed by atoms with Crippen LogP contribution in [0.15, 0.2) is 83.4 Å². The number of carbonyl (C=O) groups excluding carboxylic acids is 1. The van der Waals surface area contributed by atoms with E-state index in [1.54, 1.807) is 29.4 Å². The minimum absolute atomic E-state index is 0.0760. The lowest BCUT2D eigenvalue weighted by molar-refractivity contribution is -0.131. The summed E-state index contributed by atoms with van der Waals surface area (Å²) in [4.78, 5) is 33.0. The van der Waals surface area contributed by atoms with E-state index < -0.39 is 0 Å². The van der Waals surface area contributed by atoms with Gasteiger partial charge in [-0.2, -0.15) is 5.10 Å². The predicted molar refractivity (Wildman–Crippen MR) is 134 cm³/mol. The Morgan fingerprint density at radius 2 is 1.88 bits per heavy atom. The molecule has 2 aromatic carbocycles. The van der Waals surface area contributed by atoms with Gasteiger partial charge in [0.1, 0.15) is 12.2 Å². The first kappa shape index (κ1) is 21.8. The number of nitrogens with zero attached hydrogens (tertiary/aromatic N) is 5. The van der Waals surface area contributed by atoms with Crippen molar-refractivity contribution in [2.24, 2.45) is 0 Å². The quantitative estimate of drug-likeness (QED) is 0.372. The maximum Gasteiger partial charge on any atom is 0.261 e. The van der Waals surface area contributed by atoms with Crippen molar-refractivity contribution in [3.63, 3.8) is 0 Å². The first-order valence-electron chi connectivity index (χ1n) is 10.9. The normalized spacial score (nSPS) is 11.1. The SMILES string of the molecule is Cc1cccc2c(=O)n(CC(=O)N(C)Cc3cn(-c4ccccc4)nc3-c3cccs3)cnc12. The Morgan fingerprint density at radius 1 is 1.06 bits per heavy atom. The fraction of sp³-hybridized carbons (Fsp3) is 0.154. The van der Waals surface area contributed by atoms with Crippen molar-refractivity contribution in [2.75, 3.05) is 7.05 Å². The Balaban J connectivity index is 1.41. The highest BCUT2D eigenvalue weighted by Gasteiger charge is 2.18. The van der Waals surface area contributed by atoms with E-state index in [4.69, 9.17) is 5.10 Å². The van der Waals surface area contributed by atoms with E-state index >= 15 is 0 Å². The van der Waals surface area contributed by atoms with Crippen LogP contribution in [0.1, 0.15) is 11.1 Å². The van der Waals surface area contributed by atoms with Gasteiger partial charge >= 0.3 is 0 Å². The third-order valence-electron chi connectivity index (χ3n) is 5.76. The summed E-state index contributed by atoms with van der Waals surface area (Å²) in [6, 6.07) is 19.4. The smallest absolute Gasteiger partial charge is 0.261 e. The molecule has 0 aliphatic heterocycles. The second kappa shape index (κ2) is 9.07. The third kappa shape index (κ3) is 4.15. The van der Waals surface area contributed by atoms with E-state index in [1.165, 1.54) is 10.9 Å². The maximum atomic E-state index is 13.1. The monoisotopic (exact) mass is 469 g/mol. The summed E-state index contributed by atoms with van der Waals surface area (Å²) >= 11 is 1.61. The van der Waals surface area contributed by atoms with Crippen molar-refractivity contribution in [1.29, 1.82) is 0 Å². The highest BCUT2D eigenvalue weighted by Crippen LogP contribution is 2.28. The van der Waals surface area contributed by atoms with Crippen LogP contribution in [0.2, 0.25) is 0 Å². The molecule has 34 heavy (non-hydrogen) atoms. The zero-order chi connectivity index (χ0) is 23.7. The van der Waals surface area contributed by atoms with E-state index in [9.17, 15) is 9.59 Å². The molecule has 0 unspecified atom stereocenters. The minimum atomic E-state index is -0.216. The van der Waals surface area contributed by atoms with Crippen LogP contribution in [-0.2, 0) is 17.9 Å². The van der Waals surface area contributed by atoms with Gasteiger partial charge in [0, 0.05) is 25.4 Å². The van der Waals surface area contributed by atoms with Crippen molar-refractivity contribution in [3.8, 4) is 16.3 Å². The highest BCUT2D eigenvalue weighted by atomic mass is 32.1. The Kier molecular flexibility index (Phi) is 5.81. The summed E-state index contributed by atoms with van der Waals surface area (Å²) in [6.07, 6.45) is 3.41. The van der Waals surface area contributed by atoms with Crippen LogP contribution in [-0.4, -0.2) is 37.2 Å². The minimum Gasteiger partial charge on any atom is -0.340 e. The topological polar surface area (TPSA) is 73.0 Å². The molecule has 8 heteroatoms. The van der Waals surface area contributed by atoms with Crippen LogP contribution >= 0.6 is 11.3 Å². The zero-order valence-electron chi connectivity index (χ0n) is 18.9. The number of amides is 1. The highest BCUT2D eigenvalue weighted by molar-refractivity contribution is 7.13. The molecular formula is C26H23N5O2S. The van der Waals surface area contributed by atoms with Gasteiger partial charge in [0.2, 0.25) is 5.91 Å². The largest absolute Gasteiger partial charge is 0.340 e. The van der Waals surface area contributed by atoms with E-state index in [0.29, 0.717) is 17.4 Å². The lowest BCUT2D eigenvalue weighted by Crippen LogP contribution is -2.33. The van der Waals surface area contributed by atoms with Crippen LogP contribution in [0.25, 0.3) is 27.2 Å². The lowest BCUT2D eigenvalue weighted by atomic mass is 10.1. The average Bonchev–Trinajstić information content (AvgIpc) is 3.52. The molecule has 0 radical (unpaired) electrons. The molecule has 0 bridgehead atoms. The number of para-hydroxylation sites is 2. The Labute approximate surface area is 200 Å². The molecular weight excluding hydrogens is 446 g/mol. The van der Waals surface area contributed by atoms with Crippen LogP contribution in [0.5, 0.6) is 0 Å². The molecule has 0 saturated heterocycles. The van der Waals surface area contributed by atoms with Gasteiger partial charge in [-0.1, -0.05) is 36.4 Å². The first-order chi connectivity index (χ1) is 16.5. The number of aryl methyl sites for hydroxylation is 1. The maximum absolute atomic E-state index is 13.1. The van der Waals surface area contributed by atoms with Gasteiger partial charge in [-0.15, -0.1) is 11.3 Å². The van der Waals surface area contributed by atoms with Crippen molar-refractivity contribution in [3.05, 3.63) is 100 Å². The Morgan fingerprint density at radius 3 is 2.65 bits per heavy atom. The average molecular weight is 470 g/mol. The Bertz CT molecular complexity index is 1520. The van der Waals surface area contributed by atoms with Crippen molar-refractivity contribution < 1.29 is 4.79 Å². The molecule has 5 rings (SSSR count). The van der Waals surface area contributed by atoms with Crippen LogP contribution < -0.4 is 5.56 Å². The molecule has 0 spiro atoms. The number of hydrogen-bond acceptors (Lipinski definition) is 5. The second-order valence-corrected chi connectivity index (χ2v) is 9.11. The molecule has 0 atom stereocenters. The summed E-state index contributed by atoms with van der Waals surface area (Å²) < 4.78 is 3.21. The summed E-state index contributed by atoms with van der Waals surface area (Å²) in [6.45, 7) is 2.21. The van der Waals surface area contributed by atoms with Crippen LogP contribution in [0, 0.1) is 6.92 Å². The van der Waals surface area contributed by atoms with Gasteiger partial charge in [-0.3, -0.25) is 14.2 Å². The van der Waals surface area contributed by atoms with Crippen molar-refractivity contribution in [2.45, 2.75) is 20.0 Å². The van der Waals surface area contributed by atoms with Gasteiger partial charge in [-0.25, -0.2) is 9.67 Å². The van der Waals surface area contributed by atoms with Crippen LogP contribution in [0.3, 0.4) is 0 Å². The number of carbonyl (C=O) groups is 1. The molecule has 3 heterocycles. The number of thiophene rings is 1. The van der Waals surface area contributed by atoms with E-state index in [0.717, 1.165) is 27.4 Å². The van der Waals surface area contributed by atoms with Crippen molar-refractivity contribution in [1.82, 2.24) is 24.2 Å². The molecule has 3 aromatic heterocycles. The molecule has 1 amide bonds. The molecule has 0 saturated carbocycles. The number of rotatable bonds is 6. The van der Waals surface area contributed by atoms with Gasteiger partial charge in [0.05, 0.1) is 27.8 Å². The Hall–Kier alpha value is -4.04. The fourth-order valence-corrected chi connectivity index (χ4v) is 4.66. The number of hydrogen-bond donors (Lipinski definition) is 0. The summed E-state index contributed by atoms with van der Waals surface area (Å²) in [7, 11) is 1.74. The number of fused-ring (bicyclic) bond motifs is 1. The first-order valence-corrected chi connectivity index (χ1v) is 11.8. The number of benzene rings is 2. The van der Waals surface area contributed by atoms with Crippen LogP contribution in [0.4, 0.5) is 0 Å². The lowest BCUT2D eigenvalue weighted by Gasteiger charge is -2.18. The molecule has 170 valence electrons. The summed E-state index contributed by atoms with van der Waals surface area (Å²) in [5.74, 6) is -0.180.